The van der Waals surface area contributed by atoms with E-state index in [0.717, 1.165) is 20.2 Å². The first-order valence-corrected chi connectivity index (χ1v) is 4.38. The van der Waals surface area contributed by atoms with Crippen molar-refractivity contribution in [1.29, 1.82) is 0 Å². The number of aromatic nitrogens is 1. The first kappa shape index (κ1) is 6.94. The summed E-state index contributed by atoms with van der Waals surface area (Å²) in [6, 6.07) is 5.75. The summed E-state index contributed by atoms with van der Waals surface area (Å²) in [6.45, 7) is 0. The van der Waals surface area contributed by atoms with Gasteiger partial charge in [-0.05, 0) is 12.1 Å². The van der Waals surface area contributed by atoms with Crippen LogP contribution in [0.4, 0.5) is 5.69 Å². The molecule has 0 spiro atoms. The minimum Gasteiger partial charge on any atom is -0.397 e. The molecule has 0 atom stereocenters. The first-order chi connectivity index (χ1) is 5.27. The van der Waals surface area contributed by atoms with Crippen LogP contribution in [0, 0.1) is 0 Å². The molecule has 0 saturated heterocycles. The number of para-hydroxylation sites is 1. The number of hydrogen-bond acceptors (Lipinski definition) is 4. The molecular formula is C7H6N2S2. The highest BCUT2D eigenvalue weighted by Crippen LogP contribution is 2.27. The van der Waals surface area contributed by atoms with E-state index in [4.69, 9.17) is 5.73 Å². The highest BCUT2D eigenvalue weighted by atomic mass is 32.2. The highest BCUT2D eigenvalue weighted by Gasteiger charge is 2.01. The molecule has 1 aromatic heterocycles. The van der Waals surface area contributed by atoms with Crippen LogP contribution in [0.2, 0.25) is 0 Å². The maximum atomic E-state index is 5.68. The Bertz CT molecular complexity index is 394. The van der Waals surface area contributed by atoms with Gasteiger partial charge in [0.15, 0.2) is 0 Å². The van der Waals surface area contributed by atoms with E-state index in [2.05, 4.69) is 17.6 Å². The third-order valence-electron chi connectivity index (χ3n) is 1.44. The van der Waals surface area contributed by atoms with Gasteiger partial charge in [-0.25, -0.2) is 4.98 Å². The van der Waals surface area contributed by atoms with Crippen LogP contribution in [0.1, 0.15) is 0 Å². The second-order valence-electron chi connectivity index (χ2n) is 2.19. The SMILES string of the molecule is Nc1cccc2sc(S)nc12. The standard InChI is InChI=1S/C7H6N2S2/c8-4-2-1-3-5-6(4)9-7(10)11-5/h1-3H,8H2,(H,9,10). The van der Waals surface area contributed by atoms with Crippen molar-refractivity contribution in [3.63, 3.8) is 0 Å². The Balaban J connectivity index is 2.90. The van der Waals surface area contributed by atoms with Crippen molar-refractivity contribution >= 4 is 39.9 Å². The van der Waals surface area contributed by atoms with Crippen molar-refractivity contribution in [3.8, 4) is 0 Å². The fourth-order valence-corrected chi connectivity index (χ4v) is 2.09. The molecule has 11 heavy (non-hydrogen) atoms. The van der Waals surface area contributed by atoms with Gasteiger partial charge in [0.2, 0.25) is 0 Å². The second kappa shape index (κ2) is 2.39. The summed E-state index contributed by atoms with van der Waals surface area (Å²) in [6.07, 6.45) is 0. The lowest BCUT2D eigenvalue weighted by Gasteiger charge is -1.90. The largest absolute Gasteiger partial charge is 0.397 e. The molecule has 0 aliphatic carbocycles. The maximum Gasteiger partial charge on any atom is 0.148 e. The van der Waals surface area contributed by atoms with Crippen LogP contribution in [-0.4, -0.2) is 4.98 Å². The fourth-order valence-electron chi connectivity index (χ4n) is 0.958. The average Bonchev–Trinajstić information content (AvgIpc) is 2.31. The van der Waals surface area contributed by atoms with E-state index in [1.165, 1.54) is 11.3 Å². The zero-order valence-corrected chi connectivity index (χ0v) is 7.32. The van der Waals surface area contributed by atoms with E-state index < -0.39 is 0 Å². The summed E-state index contributed by atoms with van der Waals surface area (Å²) < 4.78 is 1.85. The minimum absolute atomic E-state index is 0.721. The van der Waals surface area contributed by atoms with Crippen LogP contribution in [0.3, 0.4) is 0 Å². The lowest BCUT2D eigenvalue weighted by Crippen LogP contribution is -1.84. The van der Waals surface area contributed by atoms with Crippen LogP contribution >= 0.6 is 24.0 Å². The number of rotatable bonds is 0. The van der Waals surface area contributed by atoms with Crippen molar-refractivity contribution < 1.29 is 0 Å². The van der Waals surface area contributed by atoms with Crippen LogP contribution < -0.4 is 5.73 Å². The molecule has 4 heteroatoms. The number of hydrogen-bond donors (Lipinski definition) is 2. The van der Waals surface area contributed by atoms with Gasteiger partial charge >= 0.3 is 0 Å². The van der Waals surface area contributed by atoms with E-state index in [-0.39, 0.29) is 0 Å². The van der Waals surface area contributed by atoms with E-state index in [9.17, 15) is 0 Å². The third kappa shape index (κ3) is 1.08. The van der Waals surface area contributed by atoms with Gasteiger partial charge in [-0.1, -0.05) is 6.07 Å². The summed E-state index contributed by atoms with van der Waals surface area (Å²) in [7, 11) is 0. The number of benzene rings is 1. The van der Waals surface area contributed by atoms with E-state index in [1.54, 1.807) is 0 Å². The predicted octanol–water partition coefficient (Wildman–Crippen LogP) is 2.17. The summed E-state index contributed by atoms with van der Waals surface area (Å²) in [5, 5.41) is 0. The zero-order chi connectivity index (χ0) is 7.84. The van der Waals surface area contributed by atoms with Gasteiger partial charge < -0.3 is 5.73 Å². The first-order valence-electron chi connectivity index (χ1n) is 3.11. The smallest absolute Gasteiger partial charge is 0.148 e. The van der Waals surface area contributed by atoms with E-state index >= 15 is 0 Å². The van der Waals surface area contributed by atoms with Gasteiger partial charge in [-0.15, -0.1) is 24.0 Å². The summed E-state index contributed by atoms with van der Waals surface area (Å²) in [5.74, 6) is 0. The van der Waals surface area contributed by atoms with Crippen molar-refractivity contribution in [3.05, 3.63) is 18.2 Å². The van der Waals surface area contributed by atoms with Crippen LogP contribution in [-0.2, 0) is 0 Å². The van der Waals surface area contributed by atoms with E-state index in [1.807, 2.05) is 18.2 Å². The van der Waals surface area contributed by atoms with Gasteiger partial charge in [0.05, 0.1) is 10.4 Å². The molecular weight excluding hydrogens is 176 g/mol. The molecule has 0 aliphatic rings. The Labute approximate surface area is 73.5 Å². The number of thiol groups is 1. The second-order valence-corrected chi connectivity index (χ2v) is 3.95. The van der Waals surface area contributed by atoms with Crippen molar-refractivity contribution in [2.45, 2.75) is 4.34 Å². The fraction of sp³-hybridized carbons (Fsp3) is 0. The highest BCUT2D eigenvalue weighted by molar-refractivity contribution is 7.82. The monoisotopic (exact) mass is 182 g/mol. The summed E-state index contributed by atoms with van der Waals surface area (Å²) in [5.41, 5.74) is 7.26. The van der Waals surface area contributed by atoms with Gasteiger partial charge in [-0.3, -0.25) is 0 Å². The molecule has 0 saturated carbocycles. The minimum atomic E-state index is 0.721. The Hall–Kier alpha value is -0.740. The molecule has 0 aliphatic heterocycles. The number of nitrogen functional groups attached to an aromatic ring is 1. The number of anilines is 1. The lowest BCUT2D eigenvalue weighted by molar-refractivity contribution is 1.32. The van der Waals surface area contributed by atoms with Crippen LogP contribution in [0.25, 0.3) is 10.2 Å². The molecule has 0 amide bonds. The number of fused-ring (bicyclic) bond motifs is 1. The molecule has 0 bridgehead atoms. The van der Waals surface area contributed by atoms with E-state index in [0.29, 0.717) is 0 Å². The quantitative estimate of drug-likeness (QED) is 0.484. The van der Waals surface area contributed by atoms with Crippen molar-refractivity contribution in [2.24, 2.45) is 0 Å². The third-order valence-corrected chi connectivity index (χ3v) is 2.64. The Morgan fingerprint density at radius 2 is 2.27 bits per heavy atom. The number of nitrogens with two attached hydrogens (primary N) is 1. The lowest BCUT2D eigenvalue weighted by atomic mass is 10.3. The van der Waals surface area contributed by atoms with Gasteiger partial charge in [0, 0.05) is 0 Å². The molecule has 56 valence electrons. The van der Waals surface area contributed by atoms with Crippen molar-refractivity contribution in [1.82, 2.24) is 4.98 Å². The molecule has 2 rings (SSSR count). The van der Waals surface area contributed by atoms with Gasteiger partial charge in [0.1, 0.15) is 9.86 Å². The Morgan fingerprint density at radius 1 is 1.45 bits per heavy atom. The Morgan fingerprint density at radius 3 is 3.00 bits per heavy atom. The Kier molecular flexibility index (Phi) is 1.51. The normalized spacial score (nSPS) is 10.6. The average molecular weight is 182 g/mol. The molecule has 1 heterocycles. The van der Waals surface area contributed by atoms with Crippen LogP contribution in [0.15, 0.2) is 22.5 Å². The number of nitrogens with zero attached hydrogens (tertiary/aromatic N) is 1. The number of thiazole rings is 1. The predicted molar refractivity (Wildman–Crippen MR) is 51.3 cm³/mol. The maximum absolute atomic E-state index is 5.68. The molecule has 2 aromatic rings. The molecule has 2 N–H and O–H groups in total. The summed E-state index contributed by atoms with van der Waals surface area (Å²) in [4.78, 5) is 4.17. The summed E-state index contributed by atoms with van der Waals surface area (Å²) >= 11 is 5.68. The van der Waals surface area contributed by atoms with Gasteiger partial charge in [0.25, 0.3) is 0 Å². The molecule has 0 radical (unpaired) electrons. The molecule has 0 unspecified atom stereocenters. The zero-order valence-electron chi connectivity index (χ0n) is 5.61. The molecule has 2 nitrogen and oxygen atoms in total. The molecule has 0 fully saturated rings. The molecule has 1 aromatic carbocycles. The van der Waals surface area contributed by atoms with Crippen LogP contribution in [0.5, 0.6) is 0 Å². The van der Waals surface area contributed by atoms with Gasteiger partial charge in [-0.2, -0.15) is 0 Å². The van der Waals surface area contributed by atoms with Crippen molar-refractivity contribution in [2.75, 3.05) is 5.73 Å². The topological polar surface area (TPSA) is 38.9 Å².